The average Bonchev–Trinajstić information content (AvgIpc) is 2.19. The van der Waals surface area contributed by atoms with Gasteiger partial charge in [-0.2, -0.15) is 0 Å². The third-order valence-corrected chi connectivity index (χ3v) is 1.93. The van der Waals surface area contributed by atoms with Crippen molar-refractivity contribution in [3.63, 3.8) is 0 Å². The second-order valence-electron chi connectivity index (χ2n) is 5.15. The second-order valence-corrected chi connectivity index (χ2v) is 5.15. The van der Waals surface area contributed by atoms with Crippen LogP contribution < -0.4 is 10.6 Å². The van der Waals surface area contributed by atoms with Gasteiger partial charge in [0.25, 0.3) is 0 Å². The van der Waals surface area contributed by atoms with Crippen LogP contribution in [0.3, 0.4) is 0 Å². The van der Waals surface area contributed by atoms with Crippen molar-refractivity contribution in [1.82, 2.24) is 10.6 Å². The summed E-state index contributed by atoms with van der Waals surface area (Å²) in [4.78, 5) is 11.4. The van der Waals surface area contributed by atoms with Crippen molar-refractivity contribution in [3.05, 3.63) is 0 Å². The molecule has 1 amide bonds. The predicted molar refractivity (Wildman–Crippen MR) is 69.7 cm³/mol. The zero-order valence-electron chi connectivity index (χ0n) is 11.3. The van der Waals surface area contributed by atoms with E-state index in [2.05, 4.69) is 23.5 Å². The smallest absolute Gasteiger partial charge is 0.407 e. The van der Waals surface area contributed by atoms with Crippen LogP contribution in [0.25, 0.3) is 0 Å². The van der Waals surface area contributed by atoms with E-state index >= 15 is 0 Å². The summed E-state index contributed by atoms with van der Waals surface area (Å²) in [5.74, 6) is 2.91. The minimum Gasteiger partial charge on any atom is -0.444 e. The van der Waals surface area contributed by atoms with Gasteiger partial charge in [-0.05, 0) is 33.2 Å². The van der Waals surface area contributed by atoms with Gasteiger partial charge < -0.3 is 15.4 Å². The summed E-state index contributed by atoms with van der Waals surface area (Å²) in [6, 6.07) is 0. The number of hydrogen-bond donors (Lipinski definition) is 2. The van der Waals surface area contributed by atoms with Gasteiger partial charge in [-0.1, -0.05) is 6.92 Å². The zero-order chi connectivity index (χ0) is 13.3. The number of alkyl carbamates (subject to hydrolysis) is 1. The molecule has 0 aliphatic rings. The molecule has 1 atom stereocenters. The fraction of sp³-hybridized carbons (Fsp3) is 0.769. The third kappa shape index (κ3) is 11.1. The Morgan fingerprint density at radius 1 is 1.41 bits per heavy atom. The van der Waals surface area contributed by atoms with Crippen LogP contribution in [0.4, 0.5) is 4.79 Å². The number of rotatable bonds is 6. The number of ether oxygens (including phenoxy) is 1. The normalized spacial score (nSPS) is 12.6. The van der Waals surface area contributed by atoms with Gasteiger partial charge in [0, 0.05) is 19.5 Å². The van der Waals surface area contributed by atoms with E-state index < -0.39 is 5.60 Å². The molecular weight excluding hydrogens is 216 g/mol. The van der Waals surface area contributed by atoms with Gasteiger partial charge in [0.05, 0.1) is 0 Å². The van der Waals surface area contributed by atoms with Crippen LogP contribution >= 0.6 is 0 Å². The van der Waals surface area contributed by atoms with Crippen molar-refractivity contribution in [2.45, 2.75) is 39.7 Å². The molecule has 0 rings (SSSR count). The standard InChI is InChI=1S/C13H24N2O2/c1-6-7-8-14-9-11(2)10-15-12(16)17-13(3,4)5/h1,11,14H,7-10H2,2-5H3,(H,15,16). The number of carbonyl (C=O) groups is 1. The molecule has 0 aromatic heterocycles. The van der Waals surface area contributed by atoms with E-state index in [9.17, 15) is 4.79 Å². The van der Waals surface area contributed by atoms with Gasteiger partial charge in [0.2, 0.25) is 0 Å². The topological polar surface area (TPSA) is 50.4 Å². The minimum atomic E-state index is -0.446. The quantitative estimate of drug-likeness (QED) is 0.549. The Balaban J connectivity index is 3.60. The Morgan fingerprint density at radius 3 is 2.59 bits per heavy atom. The molecule has 0 fully saturated rings. The van der Waals surface area contributed by atoms with E-state index in [0.29, 0.717) is 12.5 Å². The molecular formula is C13H24N2O2. The Hall–Kier alpha value is -1.21. The summed E-state index contributed by atoms with van der Waals surface area (Å²) in [6.45, 7) is 9.83. The number of hydrogen-bond acceptors (Lipinski definition) is 3. The SMILES string of the molecule is C#CCCNCC(C)CNC(=O)OC(C)(C)C. The van der Waals surface area contributed by atoms with Crippen LogP contribution in [-0.2, 0) is 4.74 Å². The van der Waals surface area contributed by atoms with Crippen LogP contribution in [0, 0.1) is 18.3 Å². The highest BCUT2D eigenvalue weighted by Crippen LogP contribution is 2.06. The number of terminal acetylenes is 1. The van der Waals surface area contributed by atoms with Gasteiger partial charge in [-0.15, -0.1) is 12.3 Å². The van der Waals surface area contributed by atoms with Crippen molar-refractivity contribution in [1.29, 1.82) is 0 Å². The monoisotopic (exact) mass is 240 g/mol. The highest BCUT2D eigenvalue weighted by atomic mass is 16.6. The average molecular weight is 240 g/mol. The summed E-state index contributed by atoms with van der Waals surface area (Å²) in [5, 5.41) is 5.96. The lowest BCUT2D eigenvalue weighted by atomic mass is 10.2. The lowest BCUT2D eigenvalue weighted by molar-refractivity contribution is 0.0520. The maximum Gasteiger partial charge on any atom is 0.407 e. The summed E-state index contributed by atoms with van der Waals surface area (Å²) in [6.07, 6.45) is 5.50. The lowest BCUT2D eigenvalue weighted by Gasteiger charge is -2.20. The summed E-state index contributed by atoms with van der Waals surface area (Å²) in [5.41, 5.74) is -0.446. The van der Waals surface area contributed by atoms with Crippen molar-refractivity contribution in [2.75, 3.05) is 19.6 Å². The molecule has 98 valence electrons. The maximum atomic E-state index is 11.4. The lowest BCUT2D eigenvalue weighted by Crippen LogP contribution is -2.37. The summed E-state index contributed by atoms with van der Waals surface area (Å²) in [7, 11) is 0. The summed E-state index contributed by atoms with van der Waals surface area (Å²) < 4.78 is 5.13. The van der Waals surface area contributed by atoms with Crippen molar-refractivity contribution in [3.8, 4) is 12.3 Å². The van der Waals surface area contributed by atoms with Crippen LogP contribution in [-0.4, -0.2) is 31.3 Å². The molecule has 2 N–H and O–H groups in total. The van der Waals surface area contributed by atoms with E-state index in [0.717, 1.165) is 19.5 Å². The fourth-order valence-electron chi connectivity index (χ4n) is 1.15. The van der Waals surface area contributed by atoms with Crippen LogP contribution in [0.5, 0.6) is 0 Å². The Labute approximate surface area is 104 Å². The van der Waals surface area contributed by atoms with E-state index in [4.69, 9.17) is 11.2 Å². The largest absolute Gasteiger partial charge is 0.444 e. The van der Waals surface area contributed by atoms with E-state index in [1.54, 1.807) is 0 Å². The Morgan fingerprint density at radius 2 is 2.06 bits per heavy atom. The zero-order valence-corrected chi connectivity index (χ0v) is 11.3. The molecule has 0 aromatic rings. The molecule has 0 saturated carbocycles. The van der Waals surface area contributed by atoms with E-state index in [-0.39, 0.29) is 6.09 Å². The van der Waals surface area contributed by atoms with Crippen LogP contribution in [0.2, 0.25) is 0 Å². The molecule has 0 spiro atoms. The molecule has 0 bridgehead atoms. The molecule has 1 unspecified atom stereocenters. The van der Waals surface area contributed by atoms with Gasteiger partial charge in [0.15, 0.2) is 0 Å². The van der Waals surface area contributed by atoms with Crippen molar-refractivity contribution < 1.29 is 9.53 Å². The molecule has 4 nitrogen and oxygen atoms in total. The predicted octanol–water partition coefficient (Wildman–Crippen LogP) is 1.76. The van der Waals surface area contributed by atoms with E-state index in [1.807, 2.05) is 20.8 Å². The maximum absolute atomic E-state index is 11.4. The fourth-order valence-corrected chi connectivity index (χ4v) is 1.15. The number of nitrogens with one attached hydrogen (secondary N) is 2. The van der Waals surface area contributed by atoms with Gasteiger partial charge in [-0.3, -0.25) is 0 Å². The van der Waals surface area contributed by atoms with Crippen LogP contribution in [0.1, 0.15) is 34.1 Å². The Bertz CT molecular complexity index is 264. The third-order valence-electron chi connectivity index (χ3n) is 1.93. The van der Waals surface area contributed by atoms with Crippen molar-refractivity contribution >= 4 is 6.09 Å². The first-order chi connectivity index (χ1) is 7.85. The first kappa shape index (κ1) is 15.8. The highest BCUT2D eigenvalue weighted by Gasteiger charge is 2.16. The minimum absolute atomic E-state index is 0.347. The van der Waals surface area contributed by atoms with Gasteiger partial charge >= 0.3 is 6.09 Å². The molecule has 17 heavy (non-hydrogen) atoms. The molecule has 0 aliphatic heterocycles. The molecule has 4 heteroatoms. The first-order valence-electron chi connectivity index (χ1n) is 5.96. The molecule has 0 aliphatic carbocycles. The Kier molecular flexibility index (Phi) is 7.40. The molecule has 0 heterocycles. The molecule has 0 radical (unpaired) electrons. The highest BCUT2D eigenvalue weighted by molar-refractivity contribution is 5.67. The van der Waals surface area contributed by atoms with E-state index in [1.165, 1.54) is 0 Å². The molecule has 0 saturated heterocycles. The van der Waals surface area contributed by atoms with Gasteiger partial charge in [-0.25, -0.2) is 4.79 Å². The second kappa shape index (κ2) is 7.97. The van der Waals surface area contributed by atoms with Crippen LogP contribution in [0.15, 0.2) is 0 Å². The van der Waals surface area contributed by atoms with Crippen molar-refractivity contribution in [2.24, 2.45) is 5.92 Å². The van der Waals surface area contributed by atoms with Gasteiger partial charge in [0.1, 0.15) is 5.60 Å². The first-order valence-corrected chi connectivity index (χ1v) is 5.96. The number of carbonyl (C=O) groups excluding carboxylic acids is 1. The number of amides is 1. The molecule has 0 aromatic carbocycles. The summed E-state index contributed by atoms with van der Waals surface area (Å²) >= 11 is 0.